The number of fused-ring (bicyclic) bond motifs is 1. The molecule has 1 aliphatic rings. The zero-order chi connectivity index (χ0) is 19.1. The van der Waals surface area contributed by atoms with Crippen LogP contribution in [0.15, 0.2) is 18.6 Å². The fourth-order valence-corrected chi connectivity index (χ4v) is 3.25. The van der Waals surface area contributed by atoms with Crippen LogP contribution in [0.25, 0.3) is 11.0 Å². The van der Waals surface area contributed by atoms with Crippen molar-refractivity contribution in [2.75, 3.05) is 6.61 Å². The first-order valence-electron chi connectivity index (χ1n) is 8.83. The van der Waals surface area contributed by atoms with Gasteiger partial charge in [-0.1, -0.05) is 25.2 Å². The van der Waals surface area contributed by atoms with Gasteiger partial charge in [-0.3, -0.25) is 0 Å². The normalized spacial score (nSPS) is 31.1. The van der Waals surface area contributed by atoms with Gasteiger partial charge in [0.25, 0.3) is 14.9 Å². The summed E-state index contributed by atoms with van der Waals surface area (Å²) >= 11 is 6.10. The maximum absolute atomic E-state index is 11.2. The van der Waals surface area contributed by atoms with Crippen molar-refractivity contribution < 1.29 is 19.2 Å². The van der Waals surface area contributed by atoms with Crippen LogP contribution in [0.4, 0.5) is 0 Å². The number of hydrogen-bond acceptors (Lipinski definition) is 6. The molecule has 1 aliphatic heterocycles. The van der Waals surface area contributed by atoms with E-state index in [0.29, 0.717) is 16.2 Å². The van der Waals surface area contributed by atoms with Crippen LogP contribution >= 0.6 is 11.6 Å². The summed E-state index contributed by atoms with van der Waals surface area (Å²) in [7, 11) is -1.60. The van der Waals surface area contributed by atoms with Gasteiger partial charge in [-0.15, -0.1) is 0 Å². The molecule has 3 rings (SSSR count). The predicted molar refractivity (Wildman–Crippen MR) is 93.9 cm³/mol. The van der Waals surface area contributed by atoms with Crippen molar-refractivity contribution in [2.45, 2.75) is 44.6 Å². The lowest BCUT2D eigenvalue weighted by molar-refractivity contribution is -0.0915. The first-order chi connectivity index (χ1) is 12.2. The second kappa shape index (κ2) is 7.01. The predicted octanol–water partition coefficient (Wildman–Crippen LogP) is 0.934. The van der Waals surface area contributed by atoms with E-state index in [1.54, 1.807) is 37.4 Å². The van der Waals surface area contributed by atoms with Gasteiger partial charge in [-0.25, -0.2) is 9.97 Å². The molecule has 1 N–H and O–H groups in total. The van der Waals surface area contributed by atoms with Gasteiger partial charge >= 0.3 is 0 Å². The summed E-state index contributed by atoms with van der Waals surface area (Å²) in [5.41, 5.74) is -0.943. The molecule has 7 nitrogen and oxygen atoms in total. The van der Waals surface area contributed by atoms with Crippen LogP contribution in [0, 0.1) is 0 Å². The summed E-state index contributed by atoms with van der Waals surface area (Å²) in [6.07, 6.45) is 0.762. The molecule has 1 saturated heterocycles. The molecule has 0 spiro atoms. The molecule has 0 bridgehead atoms. The highest BCUT2D eigenvalue weighted by atomic mass is 35.5. The quantitative estimate of drug-likeness (QED) is 0.615. The van der Waals surface area contributed by atoms with Gasteiger partial charge in [0.15, 0.2) is 6.23 Å². The number of hydrogen-bond donors (Lipinski definition) is 1. The Morgan fingerprint density at radius 3 is 3.00 bits per heavy atom. The largest absolute Gasteiger partial charge is 0.437 e. The van der Waals surface area contributed by atoms with Crippen LogP contribution in [0.2, 0.25) is 18.8 Å². The van der Waals surface area contributed by atoms with Crippen molar-refractivity contribution in [1.82, 2.24) is 14.5 Å². The summed E-state index contributed by atoms with van der Waals surface area (Å²) in [5, 5.41) is 12.1. The summed E-state index contributed by atoms with van der Waals surface area (Å²) in [5.74, 6) is 0. The van der Waals surface area contributed by atoms with Crippen LogP contribution in [-0.2, 0) is 14.0 Å². The topological polar surface area (TPSA) is 78.6 Å². The van der Waals surface area contributed by atoms with Gasteiger partial charge in [0.2, 0.25) is 0 Å². The Morgan fingerprint density at radius 1 is 1.50 bits per heavy atom. The van der Waals surface area contributed by atoms with E-state index in [1.807, 2.05) is 0 Å². The Labute approximate surface area is 149 Å². The number of aliphatic hydroxyl groups is 1. The zero-order valence-electron chi connectivity index (χ0n) is 15.7. The van der Waals surface area contributed by atoms with Gasteiger partial charge in [0.1, 0.15) is 34.9 Å². The van der Waals surface area contributed by atoms with Crippen molar-refractivity contribution in [2.24, 2.45) is 0 Å². The Kier molecular flexibility index (Phi) is 4.43. The van der Waals surface area contributed by atoms with Crippen molar-refractivity contribution in [3.8, 4) is 0 Å². The first kappa shape index (κ1) is 15.2. The summed E-state index contributed by atoms with van der Waals surface area (Å²) in [6.45, 7) is 4.80. The van der Waals surface area contributed by atoms with Gasteiger partial charge in [0, 0.05) is 8.87 Å². The molecule has 0 aromatic carbocycles. The minimum absolute atomic E-state index is 0.0592. The molecule has 4 atom stereocenters. The minimum Gasteiger partial charge on any atom is -0.437 e. The molecule has 0 saturated carbocycles. The lowest BCUT2D eigenvalue weighted by Crippen LogP contribution is -2.46. The Hall–Kier alpha value is -1.12. The van der Waals surface area contributed by atoms with E-state index < -0.39 is 38.9 Å². The number of nitrogens with zero attached hydrogens (tertiary/aromatic N) is 3. The lowest BCUT2D eigenvalue weighted by atomic mass is 9.93. The average molecular weight is 353 g/mol. The molecule has 3 heterocycles. The molecule has 0 unspecified atom stereocenters. The summed E-state index contributed by atoms with van der Waals surface area (Å²) in [4.78, 5) is 8.18. The molecule has 128 valence electrons. The van der Waals surface area contributed by atoms with Crippen molar-refractivity contribution in [1.29, 1.82) is 2.67 Å². The fraction of sp³-hybridized carbons (Fsp3) is 0.571. The maximum atomic E-state index is 11.2. The van der Waals surface area contributed by atoms with Gasteiger partial charge < -0.3 is 23.7 Å². The molecule has 1 fully saturated rings. The number of aromatic nitrogens is 3. The molecule has 10 heteroatoms. The standard InChI is InChI=1S/C14H20B2ClN3O4/c1-14(21)10(24-16-3)9(6-22-15-2)23-13(14)20-5-4-8-11(17)18-7-19-12(8)20/h4-5,7,9-10,13,15-16,21H,6H2,1-3H3/t9-,10-,13-,14+/m1/s1/i15D,16D. The Morgan fingerprint density at radius 2 is 2.29 bits per heavy atom. The number of rotatable bonds is 6. The lowest BCUT2D eigenvalue weighted by Gasteiger charge is -2.30. The molecule has 0 aliphatic carbocycles. The van der Waals surface area contributed by atoms with Crippen LogP contribution in [0.3, 0.4) is 0 Å². The van der Waals surface area contributed by atoms with E-state index in [9.17, 15) is 5.11 Å². The highest BCUT2D eigenvalue weighted by Gasteiger charge is 2.54. The van der Waals surface area contributed by atoms with E-state index in [1.165, 1.54) is 6.33 Å². The molecule has 24 heavy (non-hydrogen) atoms. The maximum Gasteiger partial charge on any atom is 0.272 e. The van der Waals surface area contributed by atoms with Gasteiger partial charge in [-0.05, 0) is 13.0 Å². The van der Waals surface area contributed by atoms with E-state index in [4.69, 9.17) is 28.3 Å². The third kappa shape index (κ3) is 2.95. The summed E-state index contributed by atoms with van der Waals surface area (Å²) in [6, 6.07) is 1.75. The molecule has 0 radical (unpaired) electrons. The molecule has 0 amide bonds. The van der Waals surface area contributed by atoms with E-state index >= 15 is 0 Å². The molecular weight excluding hydrogens is 331 g/mol. The number of ether oxygens (including phenoxy) is 1. The zero-order valence-corrected chi connectivity index (χ0v) is 14.5. The molecule has 2 aromatic rings. The van der Waals surface area contributed by atoms with Crippen molar-refractivity contribution in [3.63, 3.8) is 0 Å². The third-order valence-corrected chi connectivity index (χ3v) is 4.44. The minimum atomic E-state index is -1.46. The van der Waals surface area contributed by atoms with E-state index in [2.05, 4.69) is 9.97 Å². The Bertz CT molecular complexity index is 780. The monoisotopic (exact) mass is 353 g/mol. The molecular formula is C14H20B2ClN3O4. The third-order valence-electron chi connectivity index (χ3n) is 4.14. The van der Waals surface area contributed by atoms with Gasteiger partial charge in [0.05, 0.1) is 12.0 Å². The van der Waals surface area contributed by atoms with E-state index in [-0.39, 0.29) is 6.61 Å². The molecule has 2 aromatic heterocycles. The fourth-order valence-electron chi connectivity index (χ4n) is 3.06. The number of halogens is 1. The first-order valence-corrected chi connectivity index (χ1v) is 8.06. The van der Waals surface area contributed by atoms with Crippen LogP contribution in [0.5, 0.6) is 0 Å². The second-order valence-electron chi connectivity index (χ2n) is 5.74. The summed E-state index contributed by atoms with van der Waals surface area (Å²) < 4.78 is 33.9. The smallest absolute Gasteiger partial charge is 0.272 e. The van der Waals surface area contributed by atoms with Crippen LogP contribution in [0.1, 0.15) is 13.2 Å². The van der Waals surface area contributed by atoms with Gasteiger partial charge in [-0.2, -0.15) is 0 Å². The SMILES string of the molecule is [2H]B(C)OC[C@H]1O[C@@H](n2ccc3c(Cl)ncnc32)[C@@](C)(O)[C@@H]1OB([2H])C. The average Bonchev–Trinajstić information content (AvgIpc) is 3.06. The highest BCUT2D eigenvalue weighted by molar-refractivity contribution is 6.33. The highest BCUT2D eigenvalue weighted by Crippen LogP contribution is 2.41. The Balaban J connectivity index is 1.96. The van der Waals surface area contributed by atoms with Crippen LogP contribution in [-0.4, -0.2) is 61.6 Å². The van der Waals surface area contributed by atoms with Crippen molar-refractivity contribution in [3.05, 3.63) is 23.7 Å². The second-order valence-corrected chi connectivity index (χ2v) is 6.10. The van der Waals surface area contributed by atoms with Crippen LogP contribution < -0.4 is 0 Å². The van der Waals surface area contributed by atoms with E-state index in [0.717, 1.165) is 0 Å². The van der Waals surface area contributed by atoms with Crippen molar-refractivity contribution >= 4 is 37.5 Å².